The molecule has 2 aliphatic heterocycles. The molecule has 1 fully saturated rings. The van der Waals surface area contributed by atoms with E-state index in [1.807, 2.05) is 12.1 Å². The van der Waals surface area contributed by atoms with E-state index >= 15 is 0 Å². The van der Waals surface area contributed by atoms with E-state index in [1.54, 1.807) is 0 Å². The van der Waals surface area contributed by atoms with Gasteiger partial charge in [-0.15, -0.1) is 0 Å². The van der Waals surface area contributed by atoms with Gasteiger partial charge in [-0.05, 0) is 37.3 Å². The van der Waals surface area contributed by atoms with Crippen molar-refractivity contribution in [2.75, 3.05) is 31.4 Å². The lowest BCUT2D eigenvalue weighted by Crippen LogP contribution is -2.47. The van der Waals surface area contributed by atoms with Gasteiger partial charge in [-0.25, -0.2) is 0 Å². The van der Waals surface area contributed by atoms with Crippen LogP contribution in [-0.2, 0) is 0 Å². The first-order valence-electron chi connectivity index (χ1n) is 7.27. The topological polar surface area (TPSA) is 68.0 Å². The van der Waals surface area contributed by atoms with Crippen molar-refractivity contribution >= 4 is 5.69 Å². The van der Waals surface area contributed by atoms with Crippen LogP contribution >= 0.6 is 0 Å². The van der Waals surface area contributed by atoms with Gasteiger partial charge in [0.2, 0.25) is 6.79 Å². The van der Waals surface area contributed by atoms with Crippen molar-refractivity contribution in [3.05, 3.63) is 18.2 Å². The highest BCUT2D eigenvalue weighted by Crippen LogP contribution is 2.36. The summed E-state index contributed by atoms with van der Waals surface area (Å²) in [7, 11) is 0. The molecule has 0 radical (unpaired) electrons. The molecule has 110 valence electrons. The molecule has 0 saturated carbocycles. The zero-order valence-corrected chi connectivity index (χ0v) is 11.6. The minimum absolute atomic E-state index is 0.192. The molecule has 0 bridgehead atoms. The molecule has 2 unspecified atom stereocenters. The lowest BCUT2D eigenvalue weighted by atomic mass is 9.90. The van der Waals surface area contributed by atoms with E-state index < -0.39 is 0 Å². The number of rotatable bonds is 4. The molecule has 0 amide bonds. The summed E-state index contributed by atoms with van der Waals surface area (Å²) >= 11 is 0. The summed E-state index contributed by atoms with van der Waals surface area (Å²) in [6, 6.07) is 6.25. The van der Waals surface area contributed by atoms with E-state index in [2.05, 4.69) is 11.0 Å². The Balaban J connectivity index is 1.72. The second-order valence-electron chi connectivity index (χ2n) is 5.67. The van der Waals surface area contributed by atoms with Crippen molar-refractivity contribution in [1.29, 1.82) is 0 Å². The fourth-order valence-electron chi connectivity index (χ4n) is 3.13. The van der Waals surface area contributed by atoms with E-state index in [4.69, 9.17) is 20.3 Å². The fraction of sp³-hybridized carbons (Fsp3) is 0.600. The normalized spacial score (nSPS) is 25.0. The van der Waals surface area contributed by atoms with Gasteiger partial charge in [0.05, 0.1) is 0 Å². The van der Waals surface area contributed by atoms with Crippen molar-refractivity contribution in [2.24, 2.45) is 11.7 Å². The number of piperidine rings is 1. The van der Waals surface area contributed by atoms with Crippen LogP contribution in [0.15, 0.2) is 18.2 Å². The SMILES string of the molecule is NC1CC(CCCO)CN(c2ccc3c(c2)OCO3)C1. The van der Waals surface area contributed by atoms with Crippen LogP contribution in [0.5, 0.6) is 11.5 Å². The molecule has 5 heteroatoms. The van der Waals surface area contributed by atoms with Gasteiger partial charge in [-0.3, -0.25) is 0 Å². The van der Waals surface area contributed by atoms with E-state index in [0.717, 1.165) is 49.5 Å². The minimum atomic E-state index is 0.192. The van der Waals surface area contributed by atoms with Crippen LogP contribution in [0.25, 0.3) is 0 Å². The number of aliphatic hydroxyl groups excluding tert-OH is 1. The highest BCUT2D eigenvalue weighted by molar-refractivity contribution is 5.57. The van der Waals surface area contributed by atoms with Gasteiger partial charge < -0.3 is 25.2 Å². The highest BCUT2D eigenvalue weighted by Gasteiger charge is 2.26. The number of nitrogens with zero attached hydrogens (tertiary/aromatic N) is 1. The average Bonchev–Trinajstić information content (AvgIpc) is 2.92. The number of benzene rings is 1. The van der Waals surface area contributed by atoms with Crippen LogP contribution in [0.1, 0.15) is 19.3 Å². The second kappa shape index (κ2) is 5.89. The summed E-state index contributed by atoms with van der Waals surface area (Å²) in [5.41, 5.74) is 7.31. The highest BCUT2D eigenvalue weighted by atomic mass is 16.7. The Bertz CT molecular complexity index is 466. The monoisotopic (exact) mass is 278 g/mol. The number of hydrogen-bond acceptors (Lipinski definition) is 5. The van der Waals surface area contributed by atoms with Gasteiger partial charge in [0.1, 0.15) is 0 Å². The third-order valence-corrected chi connectivity index (χ3v) is 4.06. The molecule has 20 heavy (non-hydrogen) atoms. The fourth-order valence-corrected chi connectivity index (χ4v) is 3.13. The summed E-state index contributed by atoms with van der Waals surface area (Å²) in [5.74, 6) is 2.18. The number of ether oxygens (including phenoxy) is 2. The quantitative estimate of drug-likeness (QED) is 0.870. The van der Waals surface area contributed by atoms with Gasteiger partial charge in [-0.1, -0.05) is 0 Å². The Kier molecular flexibility index (Phi) is 3.98. The first-order chi connectivity index (χ1) is 9.76. The number of aliphatic hydroxyl groups is 1. The molecule has 2 heterocycles. The van der Waals surface area contributed by atoms with Crippen LogP contribution in [0.2, 0.25) is 0 Å². The third-order valence-electron chi connectivity index (χ3n) is 4.06. The Morgan fingerprint density at radius 3 is 2.95 bits per heavy atom. The predicted molar refractivity (Wildman–Crippen MR) is 77.2 cm³/mol. The smallest absolute Gasteiger partial charge is 0.231 e. The molecular weight excluding hydrogens is 256 g/mol. The van der Waals surface area contributed by atoms with Gasteiger partial charge in [-0.2, -0.15) is 0 Å². The standard InChI is InChI=1S/C15H22N2O3/c16-12-6-11(2-1-5-18)8-17(9-12)13-3-4-14-15(7-13)20-10-19-14/h3-4,7,11-12,18H,1-2,5-6,8-10,16H2. The van der Waals surface area contributed by atoms with Crippen molar-refractivity contribution in [2.45, 2.75) is 25.3 Å². The first-order valence-corrected chi connectivity index (χ1v) is 7.27. The van der Waals surface area contributed by atoms with Gasteiger partial charge in [0.15, 0.2) is 11.5 Å². The number of fused-ring (bicyclic) bond motifs is 1. The number of anilines is 1. The third kappa shape index (κ3) is 2.83. The second-order valence-corrected chi connectivity index (χ2v) is 5.67. The van der Waals surface area contributed by atoms with Crippen LogP contribution in [0.3, 0.4) is 0 Å². The van der Waals surface area contributed by atoms with Crippen molar-refractivity contribution in [1.82, 2.24) is 0 Å². The molecule has 1 aromatic rings. The molecule has 0 aliphatic carbocycles. The Hall–Kier alpha value is -1.46. The minimum Gasteiger partial charge on any atom is -0.454 e. The Morgan fingerprint density at radius 2 is 2.10 bits per heavy atom. The zero-order valence-electron chi connectivity index (χ0n) is 11.6. The number of hydrogen-bond donors (Lipinski definition) is 2. The summed E-state index contributed by atoms with van der Waals surface area (Å²) in [6.07, 6.45) is 2.93. The first kappa shape index (κ1) is 13.5. The maximum atomic E-state index is 8.98. The van der Waals surface area contributed by atoms with Crippen molar-refractivity contribution in [3.8, 4) is 11.5 Å². The van der Waals surface area contributed by atoms with E-state index in [1.165, 1.54) is 0 Å². The zero-order chi connectivity index (χ0) is 13.9. The lowest BCUT2D eigenvalue weighted by molar-refractivity contribution is 0.174. The molecule has 0 spiro atoms. The Morgan fingerprint density at radius 1 is 1.25 bits per heavy atom. The predicted octanol–water partition coefficient (Wildman–Crippen LogP) is 1.34. The summed E-state index contributed by atoms with van der Waals surface area (Å²) in [6.45, 7) is 2.43. The largest absolute Gasteiger partial charge is 0.454 e. The van der Waals surface area contributed by atoms with Gasteiger partial charge >= 0.3 is 0 Å². The lowest BCUT2D eigenvalue weighted by Gasteiger charge is -2.38. The van der Waals surface area contributed by atoms with Crippen LogP contribution < -0.4 is 20.1 Å². The Labute approximate surface area is 119 Å². The van der Waals surface area contributed by atoms with Gasteiger partial charge in [0.25, 0.3) is 0 Å². The molecular formula is C15H22N2O3. The summed E-state index contributed by atoms with van der Waals surface area (Å²) < 4.78 is 10.8. The molecule has 2 atom stereocenters. The molecule has 3 N–H and O–H groups in total. The maximum absolute atomic E-state index is 8.98. The van der Waals surface area contributed by atoms with E-state index in [9.17, 15) is 0 Å². The molecule has 2 aliphatic rings. The van der Waals surface area contributed by atoms with Crippen LogP contribution in [0, 0.1) is 5.92 Å². The molecule has 1 aromatic carbocycles. The van der Waals surface area contributed by atoms with Crippen LogP contribution in [-0.4, -0.2) is 37.6 Å². The van der Waals surface area contributed by atoms with Crippen molar-refractivity contribution in [3.63, 3.8) is 0 Å². The molecule has 0 aromatic heterocycles. The maximum Gasteiger partial charge on any atom is 0.231 e. The molecule has 3 rings (SSSR count). The average molecular weight is 278 g/mol. The van der Waals surface area contributed by atoms with E-state index in [0.29, 0.717) is 12.7 Å². The van der Waals surface area contributed by atoms with Crippen molar-refractivity contribution < 1.29 is 14.6 Å². The number of nitrogens with two attached hydrogens (primary N) is 1. The summed E-state index contributed by atoms with van der Waals surface area (Å²) in [5, 5.41) is 8.98. The van der Waals surface area contributed by atoms with Crippen LogP contribution in [0.4, 0.5) is 5.69 Å². The van der Waals surface area contributed by atoms with Gasteiger partial charge in [0, 0.05) is 37.5 Å². The van der Waals surface area contributed by atoms with E-state index in [-0.39, 0.29) is 12.6 Å². The molecule has 5 nitrogen and oxygen atoms in total. The summed E-state index contributed by atoms with van der Waals surface area (Å²) in [4.78, 5) is 2.32. The molecule has 1 saturated heterocycles.